The SMILES string of the molecule is Cc1cccc(C[C@@H]2C[C@@H](C(=O)NCc3ccc4c(c3)nnn4C)N(C(=O)[C@H]3C[C@@H](c4ccccc4)CN3)C2)c1. The average Bonchev–Trinajstić information content (AvgIpc) is 3.71. The fourth-order valence-corrected chi connectivity index (χ4v) is 6.34. The van der Waals surface area contributed by atoms with E-state index in [1.807, 2.05) is 48.3 Å². The number of fused-ring (bicyclic) bond motifs is 1. The Balaban J connectivity index is 1.16. The molecular formula is C32H36N6O2. The van der Waals surface area contributed by atoms with E-state index in [9.17, 15) is 9.59 Å². The molecule has 3 heterocycles. The molecule has 40 heavy (non-hydrogen) atoms. The zero-order valence-electron chi connectivity index (χ0n) is 23.1. The highest BCUT2D eigenvalue weighted by molar-refractivity contribution is 5.90. The van der Waals surface area contributed by atoms with Crippen molar-refractivity contribution in [3.8, 4) is 0 Å². The van der Waals surface area contributed by atoms with Crippen molar-refractivity contribution in [1.82, 2.24) is 30.5 Å². The van der Waals surface area contributed by atoms with E-state index in [2.05, 4.69) is 64.3 Å². The maximum absolute atomic E-state index is 13.9. The van der Waals surface area contributed by atoms with Crippen molar-refractivity contribution in [2.24, 2.45) is 13.0 Å². The van der Waals surface area contributed by atoms with E-state index in [4.69, 9.17) is 0 Å². The van der Waals surface area contributed by atoms with Gasteiger partial charge in [-0.3, -0.25) is 9.59 Å². The number of benzene rings is 3. The van der Waals surface area contributed by atoms with Gasteiger partial charge in [0.25, 0.3) is 0 Å². The highest BCUT2D eigenvalue weighted by atomic mass is 16.2. The molecule has 2 aliphatic heterocycles. The third-order valence-corrected chi connectivity index (χ3v) is 8.42. The Labute approximate surface area is 234 Å². The van der Waals surface area contributed by atoms with E-state index in [1.54, 1.807) is 4.68 Å². The molecule has 3 aromatic carbocycles. The van der Waals surface area contributed by atoms with Crippen LogP contribution in [0.1, 0.15) is 41.0 Å². The first-order valence-electron chi connectivity index (χ1n) is 14.1. The molecule has 206 valence electrons. The van der Waals surface area contributed by atoms with Gasteiger partial charge in [-0.2, -0.15) is 0 Å². The molecule has 1 aromatic heterocycles. The van der Waals surface area contributed by atoms with Crippen LogP contribution < -0.4 is 10.6 Å². The normalized spacial score (nSPS) is 22.6. The van der Waals surface area contributed by atoms with Crippen LogP contribution in [0.15, 0.2) is 72.8 Å². The minimum atomic E-state index is -0.486. The van der Waals surface area contributed by atoms with Gasteiger partial charge in [0.2, 0.25) is 11.8 Å². The molecule has 6 rings (SSSR count). The van der Waals surface area contributed by atoms with Crippen molar-refractivity contribution in [2.45, 2.75) is 50.7 Å². The predicted octanol–water partition coefficient (Wildman–Crippen LogP) is 3.50. The lowest BCUT2D eigenvalue weighted by atomic mass is 9.95. The van der Waals surface area contributed by atoms with Gasteiger partial charge in [-0.05, 0) is 66.8 Å². The summed E-state index contributed by atoms with van der Waals surface area (Å²) in [5.41, 5.74) is 6.42. The molecule has 0 saturated carbocycles. The summed E-state index contributed by atoms with van der Waals surface area (Å²) in [6.45, 7) is 3.83. The molecule has 8 heteroatoms. The van der Waals surface area contributed by atoms with Crippen molar-refractivity contribution < 1.29 is 9.59 Å². The van der Waals surface area contributed by atoms with Crippen molar-refractivity contribution >= 4 is 22.8 Å². The van der Waals surface area contributed by atoms with Crippen molar-refractivity contribution in [1.29, 1.82) is 0 Å². The van der Waals surface area contributed by atoms with Crippen LogP contribution >= 0.6 is 0 Å². The summed E-state index contributed by atoms with van der Waals surface area (Å²) in [5, 5.41) is 14.8. The van der Waals surface area contributed by atoms with Gasteiger partial charge in [-0.15, -0.1) is 5.10 Å². The number of rotatable bonds is 7. The third kappa shape index (κ3) is 5.49. The molecule has 8 nitrogen and oxygen atoms in total. The van der Waals surface area contributed by atoms with E-state index >= 15 is 0 Å². The zero-order chi connectivity index (χ0) is 27.6. The summed E-state index contributed by atoms with van der Waals surface area (Å²) in [6.07, 6.45) is 2.25. The van der Waals surface area contributed by atoms with Gasteiger partial charge in [0.1, 0.15) is 11.6 Å². The molecular weight excluding hydrogens is 500 g/mol. The van der Waals surface area contributed by atoms with Crippen molar-refractivity contribution in [2.75, 3.05) is 13.1 Å². The molecule has 2 fully saturated rings. The largest absolute Gasteiger partial charge is 0.350 e. The Kier molecular flexibility index (Phi) is 7.34. The second-order valence-electron chi connectivity index (χ2n) is 11.4. The summed E-state index contributed by atoms with van der Waals surface area (Å²) in [7, 11) is 1.86. The lowest BCUT2D eigenvalue weighted by Gasteiger charge is -2.27. The monoisotopic (exact) mass is 536 g/mol. The van der Waals surface area contributed by atoms with Crippen LogP contribution in [0.3, 0.4) is 0 Å². The standard InChI is InChI=1S/C32H36N6O2/c1-21-7-6-8-22(13-21)14-24-16-30(31(39)34-18-23-11-12-29-27(15-23)35-36-37(29)2)38(20-24)32(40)28-17-26(19-33-28)25-9-4-3-5-10-25/h3-13,15,24,26,28,30,33H,14,16-20H2,1-2H3,(H,34,39)/t24-,26-,28-,30+/m1/s1. The molecule has 0 bridgehead atoms. The van der Waals surface area contributed by atoms with Gasteiger partial charge in [0.15, 0.2) is 0 Å². The quantitative estimate of drug-likeness (QED) is 0.377. The fraction of sp³-hybridized carbons (Fsp3) is 0.375. The average molecular weight is 537 g/mol. The fourth-order valence-electron chi connectivity index (χ4n) is 6.34. The van der Waals surface area contributed by atoms with Gasteiger partial charge in [-0.25, -0.2) is 4.68 Å². The Morgan fingerprint density at radius 1 is 1.00 bits per heavy atom. The first-order chi connectivity index (χ1) is 19.4. The number of hydrogen-bond donors (Lipinski definition) is 2. The second-order valence-corrected chi connectivity index (χ2v) is 11.4. The molecule has 0 aliphatic carbocycles. The van der Waals surface area contributed by atoms with Crippen molar-refractivity contribution in [3.63, 3.8) is 0 Å². The summed E-state index contributed by atoms with van der Waals surface area (Å²) in [5.74, 6) is 0.455. The first kappa shape index (κ1) is 26.2. The summed E-state index contributed by atoms with van der Waals surface area (Å²) in [4.78, 5) is 29.3. The summed E-state index contributed by atoms with van der Waals surface area (Å²) >= 11 is 0. The molecule has 2 saturated heterocycles. The minimum Gasteiger partial charge on any atom is -0.350 e. The predicted molar refractivity (Wildman–Crippen MR) is 154 cm³/mol. The molecule has 2 amide bonds. The lowest BCUT2D eigenvalue weighted by molar-refractivity contribution is -0.139. The number of nitrogens with zero attached hydrogens (tertiary/aromatic N) is 4. The number of carbonyl (C=O) groups excluding carboxylic acids is 2. The molecule has 0 unspecified atom stereocenters. The van der Waals surface area contributed by atoms with Crippen LogP contribution in [0.5, 0.6) is 0 Å². The molecule has 0 spiro atoms. The molecule has 0 radical (unpaired) electrons. The maximum Gasteiger partial charge on any atom is 0.243 e. The summed E-state index contributed by atoms with van der Waals surface area (Å²) < 4.78 is 1.73. The number of likely N-dealkylation sites (tertiary alicyclic amines) is 1. The van der Waals surface area contributed by atoms with Crippen LogP contribution in [-0.4, -0.2) is 56.9 Å². The maximum atomic E-state index is 13.9. The van der Waals surface area contributed by atoms with Crippen molar-refractivity contribution in [3.05, 3.63) is 95.1 Å². The Bertz CT molecular complexity index is 1520. The molecule has 4 aromatic rings. The molecule has 4 atom stereocenters. The number of hydrogen-bond acceptors (Lipinski definition) is 5. The lowest BCUT2D eigenvalue weighted by Crippen LogP contribution is -2.51. The van der Waals surface area contributed by atoms with Crippen LogP contribution in [0.25, 0.3) is 11.0 Å². The molecule has 2 aliphatic rings. The first-order valence-corrected chi connectivity index (χ1v) is 14.1. The number of aromatic nitrogens is 3. The van der Waals surface area contributed by atoms with Crippen LogP contribution in [0.2, 0.25) is 0 Å². The van der Waals surface area contributed by atoms with Gasteiger partial charge in [-0.1, -0.05) is 71.4 Å². The number of amides is 2. The van der Waals surface area contributed by atoms with Crippen LogP contribution in [0.4, 0.5) is 0 Å². The third-order valence-electron chi connectivity index (χ3n) is 8.42. The van der Waals surface area contributed by atoms with Gasteiger partial charge in [0.05, 0.1) is 11.6 Å². The van der Waals surface area contributed by atoms with E-state index in [-0.39, 0.29) is 23.8 Å². The van der Waals surface area contributed by atoms with Crippen LogP contribution in [0, 0.1) is 12.8 Å². The second kappa shape index (κ2) is 11.2. The van der Waals surface area contributed by atoms with E-state index < -0.39 is 6.04 Å². The number of carbonyl (C=O) groups is 2. The zero-order valence-corrected chi connectivity index (χ0v) is 23.1. The highest BCUT2D eigenvalue weighted by Gasteiger charge is 2.43. The van der Waals surface area contributed by atoms with Gasteiger partial charge >= 0.3 is 0 Å². The minimum absolute atomic E-state index is 0.0336. The Morgan fingerprint density at radius 2 is 1.85 bits per heavy atom. The van der Waals surface area contributed by atoms with E-state index in [1.165, 1.54) is 16.7 Å². The molecule has 2 N–H and O–H groups in total. The number of aryl methyl sites for hydroxylation is 2. The van der Waals surface area contributed by atoms with Gasteiger partial charge in [0, 0.05) is 26.7 Å². The van der Waals surface area contributed by atoms with E-state index in [0.29, 0.717) is 25.4 Å². The highest BCUT2D eigenvalue weighted by Crippen LogP contribution is 2.31. The Morgan fingerprint density at radius 3 is 2.67 bits per heavy atom. The smallest absolute Gasteiger partial charge is 0.243 e. The van der Waals surface area contributed by atoms with Gasteiger partial charge < -0.3 is 15.5 Å². The number of nitrogens with one attached hydrogen (secondary N) is 2. The Hall–Kier alpha value is -4.04. The topological polar surface area (TPSA) is 92.2 Å². The van der Waals surface area contributed by atoms with Crippen LogP contribution in [-0.2, 0) is 29.6 Å². The van der Waals surface area contributed by atoms with E-state index in [0.717, 1.165) is 36.0 Å². The summed E-state index contributed by atoms with van der Waals surface area (Å²) in [6, 6.07) is 24.0.